The molecule has 0 fully saturated rings. The molecule has 0 amide bonds. The quantitative estimate of drug-likeness (QED) is 0.843. The van der Waals surface area contributed by atoms with E-state index in [0.29, 0.717) is 5.69 Å². The number of halogens is 1. The van der Waals surface area contributed by atoms with Gasteiger partial charge in [0.15, 0.2) is 11.6 Å². The van der Waals surface area contributed by atoms with Crippen molar-refractivity contribution in [1.29, 1.82) is 5.26 Å². The molecule has 2 aromatic rings. The Bertz CT molecular complexity index is 843. The van der Waals surface area contributed by atoms with Crippen LogP contribution >= 0.6 is 0 Å². The predicted octanol–water partition coefficient (Wildman–Crippen LogP) is 2.73. The normalized spacial score (nSPS) is 10.9. The van der Waals surface area contributed by atoms with E-state index in [1.165, 1.54) is 26.3 Å². The van der Waals surface area contributed by atoms with Crippen LogP contribution in [0.4, 0.5) is 10.1 Å². The number of ether oxygens (including phenoxy) is 1. The first-order chi connectivity index (χ1) is 10.9. The molecule has 0 spiro atoms. The second kappa shape index (κ2) is 6.67. The number of hydrogen-bond donors (Lipinski definition) is 0. The van der Waals surface area contributed by atoms with Crippen molar-refractivity contribution in [1.82, 2.24) is 0 Å². The largest absolute Gasteiger partial charge is 0.494 e. The van der Waals surface area contributed by atoms with E-state index < -0.39 is 15.8 Å². The molecule has 23 heavy (non-hydrogen) atoms. The standard InChI is InChI=1S/C16H15FN2O3S/c1-19(13-5-3-12(4-6-13)9-10-18)23(20,21)14-7-8-16(22-2)15(17)11-14/h3-8,11H,9H2,1-2H3. The molecule has 0 radical (unpaired) electrons. The van der Waals surface area contributed by atoms with Crippen molar-refractivity contribution in [2.24, 2.45) is 0 Å². The van der Waals surface area contributed by atoms with Crippen LogP contribution in [0.25, 0.3) is 0 Å². The second-order valence-electron chi connectivity index (χ2n) is 4.77. The fourth-order valence-electron chi connectivity index (χ4n) is 2.02. The van der Waals surface area contributed by atoms with Gasteiger partial charge in [-0.15, -0.1) is 0 Å². The van der Waals surface area contributed by atoms with Crippen LogP contribution in [0.1, 0.15) is 5.56 Å². The molecule has 120 valence electrons. The highest BCUT2D eigenvalue weighted by molar-refractivity contribution is 7.92. The minimum absolute atomic E-state index is 0.0209. The van der Waals surface area contributed by atoms with Gasteiger partial charge in [-0.05, 0) is 35.9 Å². The first-order valence-corrected chi connectivity index (χ1v) is 8.12. The molecule has 0 aromatic heterocycles. The van der Waals surface area contributed by atoms with Crippen molar-refractivity contribution in [2.75, 3.05) is 18.5 Å². The van der Waals surface area contributed by atoms with Crippen LogP contribution in [0, 0.1) is 17.1 Å². The average molecular weight is 334 g/mol. The second-order valence-corrected chi connectivity index (χ2v) is 6.74. The van der Waals surface area contributed by atoms with Gasteiger partial charge in [-0.2, -0.15) is 5.26 Å². The number of methoxy groups -OCH3 is 1. The summed E-state index contributed by atoms with van der Waals surface area (Å²) in [6, 6.07) is 12.1. The summed E-state index contributed by atoms with van der Waals surface area (Å²) in [7, 11) is -1.20. The Hall–Kier alpha value is -2.59. The molecule has 7 heteroatoms. The molecule has 0 aliphatic rings. The van der Waals surface area contributed by atoms with E-state index in [4.69, 9.17) is 10.00 Å². The predicted molar refractivity (Wildman–Crippen MR) is 84.3 cm³/mol. The van der Waals surface area contributed by atoms with Crippen molar-refractivity contribution in [3.63, 3.8) is 0 Å². The molecule has 2 aromatic carbocycles. The van der Waals surface area contributed by atoms with Gasteiger partial charge in [0, 0.05) is 7.05 Å². The topological polar surface area (TPSA) is 70.4 Å². The Morgan fingerprint density at radius 3 is 2.39 bits per heavy atom. The van der Waals surface area contributed by atoms with Crippen LogP contribution in [0.5, 0.6) is 5.75 Å². The summed E-state index contributed by atoms with van der Waals surface area (Å²) in [5, 5.41) is 8.64. The van der Waals surface area contributed by atoms with Crippen molar-refractivity contribution >= 4 is 15.7 Å². The summed E-state index contributed by atoms with van der Waals surface area (Å²) in [6.45, 7) is 0. The summed E-state index contributed by atoms with van der Waals surface area (Å²) in [5.74, 6) is -0.765. The molecular formula is C16H15FN2O3S. The number of nitrogens with zero attached hydrogens (tertiary/aromatic N) is 2. The van der Waals surface area contributed by atoms with Crippen LogP contribution < -0.4 is 9.04 Å². The average Bonchev–Trinajstić information content (AvgIpc) is 2.55. The Balaban J connectivity index is 2.35. The Labute approximate surface area is 134 Å². The van der Waals surface area contributed by atoms with Gasteiger partial charge < -0.3 is 4.74 Å². The summed E-state index contributed by atoms with van der Waals surface area (Å²) < 4.78 is 44.7. The molecule has 0 atom stereocenters. The molecule has 0 saturated heterocycles. The Kier molecular flexibility index (Phi) is 4.86. The fraction of sp³-hybridized carbons (Fsp3) is 0.188. The first kappa shape index (κ1) is 16.8. The minimum atomic E-state index is -3.89. The van der Waals surface area contributed by atoms with Gasteiger partial charge in [-0.25, -0.2) is 12.8 Å². The van der Waals surface area contributed by atoms with Crippen molar-refractivity contribution in [3.8, 4) is 11.8 Å². The molecule has 0 saturated carbocycles. The third-order valence-corrected chi connectivity index (χ3v) is 5.15. The van der Waals surface area contributed by atoms with Crippen molar-refractivity contribution in [3.05, 3.63) is 53.8 Å². The van der Waals surface area contributed by atoms with Crippen LogP contribution in [0.2, 0.25) is 0 Å². The van der Waals surface area contributed by atoms with Crippen LogP contribution in [-0.4, -0.2) is 22.6 Å². The minimum Gasteiger partial charge on any atom is -0.494 e. The zero-order chi connectivity index (χ0) is 17.0. The van der Waals surface area contributed by atoms with Gasteiger partial charge in [-0.1, -0.05) is 12.1 Å². The molecule has 0 aliphatic heterocycles. The number of nitriles is 1. The maximum atomic E-state index is 13.7. The lowest BCUT2D eigenvalue weighted by atomic mass is 10.1. The molecule has 0 heterocycles. The maximum Gasteiger partial charge on any atom is 0.264 e. The van der Waals surface area contributed by atoms with Crippen LogP contribution in [0.15, 0.2) is 47.4 Å². The lowest BCUT2D eigenvalue weighted by Gasteiger charge is -2.20. The van der Waals surface area contributed by atoms with Crippen LogP contribution in [-0.2, 0) is 16.4 Å². The van der Waals surface area contributed by atoms with Crippen molar-refractivity contribution < 1.29 is 17.5 Å². The van der Waals surface area contributed by atoms with Gasteiger partial charge in [0.25, 0.3) is 10.0 Å². The third-order valence-electron chi connectivity index (χ3n) is 3.36. The van der Waals surface area contributed by atoms with E-state index in [0.717, 1.165) is 15.9 Å². The van der Waals surface area contributed by atoms with Gasteiger partial charge in [0.05, 0.1) is 30.2 Å². The van der Waals surface area contributed by atoms with Gasteiger partial charge in [-0.3, -0.25) is 4.31 Å². The Morgan fingerprint density at radius 1 is 1.22 bits per heavy atom. The van der Waals surface area contributed by atoms with Gasteiger partial charge >= 0.3 is 0 Å². The Morgan fingerprint density at radius 2 is 1.87 bits per heavy atom. The first-order valence-electron chi connectivity index (χ1n) is 6.68. The smallest absolute Gasteiger partial charge is 0.264 e. The number of hydrogen-bond acceptors (Lipinski definition) is 4. The van der Waals surface area contributed by atoms with E-state index in [-0.39, 0.29) is 17.1 Å². The van der Waals surface area contributed by atoms with E-state index in [2.05, 4.69) is 0 Å². The highest BCUT2D eigenvalue weighted by atomic mass is 32.2. The molecule has 0 bridgehead atoms. The third kappa shape index (κ3) is 3.43. The molecular weight excluding hydrogens is 319 g/mol. The molecule has 0 aliphatic carbocycles. The SMILES string of the molecule is COc1ccc(S(=O)(=O)N(C)c2ccc(CC#N)cc2)cc1F. The van der Waals surface area contributed by atoms with Gasteiger partial charge in [0.2, 0.25) is 0 Å². The summed E-state index contributed by atoms with van der Waals surface area (Å²) in [5.41, 5.74) is 1.21. The monoisotopic (exact) mass is 334 g/mol. The number of rotatable bonds is 5. The zero-order valence-electron chi connectivity index (χ0n) is 12.7. The highest BCUT2D eigenvalue weighted by Crippen LogP contribution is 2.26. The van der Waals surface area contributed by atoms with E-state index >= 15 is 0 Å². The lowest BCUT2D eigenvalue weighted by Crippen LogP contribution is -2.26. The lowest BCUT2D eigenvalue weighted by molar-refractivity contribution is 0.385. The van der Waals surface area contributed by atoms with Crippen molar-refractivity contribution in [2.45, 2.75) is 11.3 Å². The molecule has 0 N–H and O–H groups in total. The summed E-state index contributed by atoms with van der Waals surface area (Å²) in [4.78, 5) is -0.167. The van der Waals surface area contributed by atoms with E-state index in [1.807, 2.05) is 6.07 Å². The number of sulfonamides is 1. The van der Waals surface area contributed by atoms with E-state index in [9.17, 15) is 12.8 Å². The fourth-order valence-corrected chi connectivity index (χ4v) is 3.23. The van der Waals surface area contributed by atoms with Gasteiger partial charge in [0.1, 0.15) is 0 Å². The highest BCUT2D eigenvalue weighted by Gasteiger charge is 2.22. The number of anilines is 1. The molecule has 5 nitrogen and oxygen atoms in total. The molecule has 2 rings (SSSR count). The summed E-state index contributed by atoms with van der Waals surface area (Å²) >= 11 is 0. The number of benzene rings is 2. The van der Waals surface area contributed by atoms with Crippen LogP contribution in [0.3, 0.4) is 0 Å². The maximum absolute atomic E-state index is 13.7. The van der Waals surface area contributed by atoms with E-state index in [1.54, 1.807) is 24.3 Å². The summed E-state index contributed by atoms with van der Waals surface area (Å²) in [6.07, 6.45) is 0.250. The molecule has 0 unspecified atom stereocenters. The zero-order valence-corrected chi connectivity index (χ0v) is 13.5.